The second-order valence-corrected chi connectivity index (χ2v) is 7.48. The number of unbranched alkanes of at least 4 members (excludes halogenated alkanes) is 2. The fourth-order valence-corrected chi connectivity index (χ4v) is 3.04. The fourth-order valence-electron chi connectivity index (χ4n) is 1.93. The van der Waals surface area contributed by atoms with E-state index in [0.717, 1.165) is 40.6 Å². The first-order valence-corrected chi connectivity index (χ1v) is 9.44. The molecule has 0 saturated carbocycles. The van der Waals surface area contributed by atoms with Crippen LogP contribution in [0.25, 0.3) is 0 Å². The summed E-state index contributed by atoms with van der Waals surface area (Å²) in [5.41, 5.74) is 0. The lowest BCUT2D eigenvalue weighted by molar-refractivity contribution is 0.0151. The van der Waals surface area contributed by atoms with Crippen LogP contribution in [0.15, 0.2) is 12.2 Å². The first-order chi connectivity index (χ1) is 11.3. The molecule has 9 heteroatoms. The Morgan fingerprint density at radius 1 is 1.12 bits per heavy atom. The summed E-state index contributed by atoms with van der Waals surface area (Å²) in [7, 11) is -0.273. The number of hydrogen-bond acceptors (Lipinski definition) is 8. The minimum absolute atomic E-state index is 0.0990. The zero-order chi connectivity index (χ0) is 18.6. The Hall–Kier alpha value is -0.920. The van der Waals surface area contributed by atoms with Gasteiger partial charge in [0.25, 0.3) is 0 Å². The number of hydrogen-bond donors (Lipinski definition) is 2. The van der Waals surface area contributed by atoms with Gasteiger partial charge >= 0.3 is 13.8 Å². The third-order valence-corrected chi connectivity index (χ3v) is 5.35. The van der Waals surface area contributed by atoms with Gasteiger partial charge in [0.2, 0.25) is 5.85 Å². The zero-order valence-electron chi connectivity index (χ0n) is 14.7. The third-order valence-electron chi connectivity index (χ3n) is 3.43. The Labute approximate surface area is 143 Å². The van der Waals surface area contributed by atoms with Gasteiger partial charge in [0.1, 0.15) is 0 Å². The molecule has 0 unspecified atom stereocenters. The van der Waals surface area contributed by atoms with Gasteiger partial charge in [-0.15, -0.1) is 0 Å². The largest absolute Gasteiger partial charge is 0.509 e. The monoisotopic (exact) mass is 368 g/mol. The average molecular weight is 368 g/mol. The molecule has 0 aliphatic heterocycles. The van der Waals surface area contributed by atoms with Crippen molar-refractivity contribution in [2.75, 3.05) is 21.3 Å². The number of carbonyl (C=O) groups is 1. The van der Waals surface area contributed by atoms with Crippen molar-refractivity contribution in [1.29, 1.82) is 0 Å². The second kappa shape index (κ2) is 12.4. The van der Waals surface area contributed by atoms with Crippen molar-refractivity contribution in [3.8, 4) is 0 Å². The SMILES string of the molecule is CCCCC[C@H](O)[C@@H](O)C/C=C/[C@@H](OC(=O)OC)P(=O)(OC)OC. The molecule has 3 atom stereocenters. The maximum absolute atomic E-state index is 12.3. The molecule has 2 N–H and O–H groups in total. The normalized spacial score (nSPS) is 15.9. The first-order valence-electron chi connectivity index (χ1n) is 7.83. The van der Waals surface area contributed by atoms with Crippen LogP contribution in [0.3, 0.4) is 0 Å². The van der Waals surface area contributed by atoms with Gasteiger partial charge < -0.3 is 28.7 Å². The van der Waals surface area contributed by atoms with Gasteiger partial charge in [0, 0.05) is 14.2 Å². The van der Waals surface area contributed by atoms with E-state index in [1.54, 1.807) is 0 Å². The minimum Gasteiger partial charge on any atom is -0.438 e. The molecule has 0 aliphatic rings. The van der Waals surface area contributed by atoms with Crippen LogP contribution < -0.4 is 0 Å². The Morgan fingerprint density at radius 3 is 2.25 bits per heavy atom. The third kappa shape index (κ3) is 8.26. The number of rotatable bonds is 12. The summed E-state index contributed by atoms with van der Waals surface area (Å²) < 4.78 is 31.2. The Bertz CT molecular complexity index is 418. The number of aliphatic hydroxyl groups is 2. The molecule has 0 saturated heterocycles. The summed E-state index contributed by atoms with van der Waals surface area (Å²) in [6.07, 6.45) is 3.31. The molecule has 0 heterocycles. The lowest BCUT2D eigenvalue weighted by atomic mass is 10.0. The predicted octanol–water partition coefficient (Wildman–Crippen LogP) is 2.83. The molecule has 0 radical (unpaired) electrons. The Kier molecular flexibility index (Phi) is 12.0. The molecule has 0 amide bonds. The summed E-state index contributed by atoms with van der Waals surface area (Å²) in [5.74, 6) is -1.32. The van der Waals surface area contributed by atoms with Crippen molar-refractivity contribution in [2.24, 2.45) is 0 Å². The minimum atomic E-state index is -3.72. The summed E-state index contributed by atoms with van der Waals surface area (Å²) >= 11 is 0. The van der Waals surface area contributed by atoms with Gasteiger partial charge in [0.05, 0.1) is 19.3 Å². The van der Waals surface area contributed by atoms with Crippen LogP contribution in [0, 0.1) is 0 Å². The fraction of sp³-hybridized carbons (Fsp3) is 0.800. The number of carbonyl (C=O) groups excluding carboxylic acids is 1. The molecular formula is C15H29O8P. The highest BCUT2D eigenvalue weighted by Crippen LogP contribution is 2.52. The number of aliphatic hydroxyl groups excluding tert-OH is 2. The number of ether oxygens (including phenoxy) is 2. The van der Waals surface area contributed by atoms with Crippen LogP contribution in [0.5, 0.6) is 0 Å². The Morgan fingerprint density at radius 2 is 1.75 bits per heavy atom. The van der Waals surface area contributed by atoms with Crippen molar-refractivity contribution >= 4 is 13.8 Å². The van der Waals surface area contributed by atoms with Crippen LogP contribution in [-0.2, 0) is 23.1 Å². The average Bonchev–Trinajstić information content (AvgIpc) is 2.59. The lowest BCUT2D eigenvalue weighted by Crippen LogP contribution is -2.25. The molecule has 0 spiro atoms. The lowest BCUT2D eigenvalue weighted by Gasteiger charge is -2.21. The maximum Gasteiger partial charge on any atom is 0.509 e. The molecule has 0 aromatic heterocycles. The highest BCUT2D eigenvalue weighted by molar-refractivity contribution is 7.54. The van der Waals surface area contributed by atoms with Gasteiger partial charge in [0.15, 0.2) is 0 Å². The standard InChI is InChI=1S/C15H29O8P/c1-5-6-7-9-12(16)13(17)10-8-11-14(23-15(18)20-2)24(19,21-3)22-4/h8,11-14,16-17H,5-7,9-10H2,1-4H3/b11-8+/t12-,13-,14-/m0/s1. The summed E-state index contributed by atoms with van der Waals surface area (Å²) in [4.78, 5) is 11.3. The van der Waals surface area contributed by atoms with Crippen LogP contribution in [-0.4, -0.2) is 55.8 Å². The van der Waals surface area contributed by atoms with E-state index in [4.69, 9.17) is 13.8 Å². The van der Waals surface area contributed by atoms with Gasteiger partial charge in [-0.1, -0.05) is 32.3 Å². The van der Waals surface area contributed by atoms with Crippen molar-refractivity contribution in [3.05, 3.63) is 12.2 Å². The second-order valence-electron chi connectivity index (χ2n) is 5.16. The summed E-state index contributed by atoms with van der Waals surface area (Å²) in [6.45, 7) is 2.05. The van der Waals surface area contributed by atoms with E-state index in [0.29, 0.717) is 6.42 Å². The van der Waals surface area contributed by atoms with E-state index in [1.165, 1.54) is 12.2 Å². The quantitative estimate of drug-likeness (QED) is 0.234. The van der Waals surface area contributed by atoms with Gasteiger partial charge in [-0.2, -0.15) is 0 Å². The van der Waals surface area contributed by atoms with Crippen LogP contribution in [0.4, 0.5) is 4.79 Å². The maximum atomic E-state index is 12.3. The van der Waals surface area contributed by atoms with Crippen LogP contribution >= 0.6 is 7.60 Å². The smallest absolute Gasteiger partial charge is 0.438 e. The van der Waals surface area contributed by atoms with Crippen molar-refractivity contribution in [2.45, 2.75) is 57.1 Å². The predicted molar refractivity (Wildman–Crippen MR) is 88.8 cm³/mol. The molecule has 24 heavy (non-hydrogen) atoms. The molecular weight excluding hydrogens is 339 g/mol. The van der Waals surface area contributed by atoms with E-state index < -0.39 is 31.8 Å². The molecule has 0 rings (SSSR count). The van der Waals surface area contributed by atoms with Crippen LogP contribution in [0.1, 0.15) is 39.0 Å². The summed E-state index contributed by atoms with van der Waals surface area (Å²) in [5, 5.41) is 19.8. The molecule has 0 aromatic carbocycles. The molecule has 0 fully saturated rings. The van der Waals surface area contributed by atoms with E-state index in [-0.39, 0.29) is 6.42 Å². The van der Waals surface area contributed by atoms with E-state index >= 15 is 0 Å². The first kappa shape index (κ1) is 23.1. The number of methoxy groups -OCH3 is 1. The Balaban J connectivity index is 4.75. The molecule has 0 aromatic rings. The van der Waals surface area contributed by atoms with E-state index in [9.17, 15) is 19.6 Å². The topological polar surface area (TPSA) is 112 Å². The zero-order valence-corrected chi connectivity index (χ0v) is 15.6. The van der Waals surface area contributed by atoms with Gasteiger partial charge in [-0.05, 0) is 18.9 Å². The van der Waals surface area contributed by atoms with Crippen molar-refractivity contribution in [3.63, 3.8) is 0 Å². The highest BCUT2D eigenvalue weighted by Gasteiger charge is 2.36. The summed E-state index contributed by atoms with van der Waals surface area (Å²) in [6, 6.07) is 0. The van der Waals surface area contributed by atoms with E-state index in [1.807, 2.05) is 0 Å². The molecule has 142 valence electrons. The molecule has 8 nitrogen and oxygen atoms in total. The molecule has 0 bridgehead atoms. The van der Waals surface area contributed by atoms with Gasteiger partial charge in [-0.3, -0.25) is 4.57 Å². The van der Waals surface area contributed by atoms with E-state index in [2.05, 4.69) is 11.7 Å². The van der Waals surface area contributed by atoms with Crippen LogP contribution in [0.2, 0.25) is 0 Å². The van der Waals surface area contributed by atoms with Crippen molar-refractivity contribution in [1.82, 2.24) is 0 Å². The molecule has 0 aliphatic carbocycles. The van der Waals surface area contributed by atoms with Gasteiger partial charge in [-0.25, -0.2) is 4.79 Å². The highest BCUT2D eigenvalue weighted by atomic mass is 31.2. The van der Waals surface area contributed by atoms with Crippen molar-refractivity contribution < 1.29 is 38.1 Å².